The van der Waals surface area contributed by atoms with Crippen LogP contribution in [-0.2, 0) is 0 Å². The van der Waals surface area contributed by atoms with E-state index < -0.39 is 0 Å². The van der Waals surface area contributed by atoms with Crippen molar-refractivity contribution >= 4 is 48.5 Å². The Hall–Kier alpha value is -0.550. The summed E-state index contributed by atoms with van der Waals surface area (Å²) in [7, 11) is 0. The van der Waals surface area contributed by atoms with Crippen LogP contribution in [0.4, 0.5) is 5.69 Å². The van der Waals surface area contributed by atoms with Gasteiger partial charge in [0.15, 0.2) is 0 Å². The molecule has 0 amide bonds. The fraction of sp³-hybridized carbons (Fsp3) is 0. The standard InChI is InChI=1S/C7H5Br2N3/c8-4-1-3(10)2-5-6(4)7(9)12-11-5/h1-2H,10H2,(H,11,12). The van der Waals surface area contributed by atoms with Crippen LogP contribution in [0.1, 0.15) is 0 Å². The summed E-state index contributed by atoms with van der Waals surface area (Å²) in [5, 5.41) is 7.90. The van der Waals surface area contributed by atoms with Crippen molar-refractivity contribution in [2.75, 3.05) is 5.73 Å². The molecule has 0 radical (unpaired) electrons. The van der Waals surface area contributed by atoms with E-state index in [4.69, 9.17) is 5.73 Å². The van der Waals surface area contributed by atoms with Gasteiger partial charge in [0.05, 0.1) is 5.52 Å². The highest BCUT2D eigenvalue weighted by molar-refractivity contribution is 9.11. The number of rotatable bonds is 0. The number of aromatic amines is 1. The molecule has 0 aliphatic heterocycles. The second-order valence-corrected chi connectivity index (χ2v) is 4.08. The van der Waals surface area contributed by atoms with E-state index >= 15 is 0 Å². The number of aromatic nitrogens is 2. The third-order valence-corrected chi connectivity index (χ3v) is 2.78. The summed E-state index contributed by atoms with van der Waals surface area (Å²) in [6, 6.07) is 3.67. The molecule has 0 bridgehead atoms. The Morgan fingerprint density at radius 1 is 1.33 bits per heavy atom. The van der Waals surface area contributed by atoms with Gasteiger partial charge in [-0.2, -0.15) is 5.10 Å². The molecule has 1 heterocycles. The first-order chi connectivity index (χ1) is 5.68. The lowest BCUT2D eigenvalue weighted by Gasteiger charge is -1.95. The van der Waals surface area contributed by atoms with Gasteiger partial charge < -0.3 is 5.73 Å². The van der Waals surface area contributed by atoms with Crippen LogP contribution in [0.25, 0.3) is 10.9 Å². The van der Waals surface area contributed by atoms with Crippen LogP contribution in [0.15, 0.2) is 21.2 Å². The van der Waals surface area contributed by atoms with Crippen molar-refractivity contribution in [3.8, 4) is 0 Å². The molecule has 0 aliphatic rings. The van der Waals surface area contributed by atoms with Crippen LogP contribution in [0, 0.1) is 0 Å². The highest BCUT2D eigenvalue weighted by Crippen LogP contribution is 2.30. The van der Waals surface area contributed by atoms with E-state index in [-0.39, 0.29) is 0 Å². The molecular formula is C7H5Br2N3. The third-order valence-electron chi connectivity index (χ3n) is 1.59. The quantitative estimate of drug-likeness (QED) is 0.733. The molecule has 0 saturated heterocycles. The van der Waals surface area contributed by atoms with Gasteiger partial charge in [-0.15, -0.1) is 0 Å². The largest absolute Gasteiger partial charge is 0.399 e. The van der Waals surface area contributed by atoms with Crippen molar-refractivity contribution < 1.29 is 0 Å². The Labute approximate surface area is 85.6 Å². The molecule has 0 fully saturated rings. The van der Waals surface area contributed by atoms with Gasteiger partial charge in [0.1, 0.15) is 4.60 Å². The summed E-state index contributed by atoms with van der Waals surface area (Å²) in [6.45, 7) is 0. The summed E-state index contributed by atoms with van der Waals surface area (Å²) in [5.74, 6) is 0. The number of nitrogens with zero attached hydrogens (tertiary/aromatic N) is 1. The monoisotopic (exact) mass is 289 g/mol. The first kappa shape index (κ1) is 8.07. The molecule has 5 heteroatoms. The predicted octanol–water partition coefficient (Wildman–Crippen LogP) is 2.67. The minimum absolute atomic E-state index is 0.702. The number of benzene rings is 1. The molecule has 2 aromatic rings. The van der Waals surface area contributed by atoms with Gasteiger partial charge in [0.25, 0.3) is 0 Å². The molecule has 0 saturated carbocycles. The zero-order chi connectivity index (χ0) is 8.72. The fourth-order valence-corrected chi connectivity index (χ4v) is 2.52. The van der Waals surface area contributed by atoms with Gasteiger partial charge in [-0.3, -0.25) is 5.10 Å². The Bertz CT molecular complexity index is 435. The van der Waals surface area contributed by atoms with Crippen molar-refractivity contribution in [3.05, 3.63) is 21.2 Å². The summed E-state index contributed by atoms with van der Waals surface area (Å²) in [5.41, 5.74) is 7.19. The summed E-state index contributed by atoms with van der Waals surface area (Å²) in [6.07, 6.45) is 0. The van der Waals surface area contributed by atoms with E-state index in [1.54, 1.807) is 0 Å². The molecule has 3 N–H and O–H groups in total. The maximum Gasteiger partial charge on any atom is 0.109 e. The fourth-order valence-electron chi connectivity index (χ4n) is 1.08. The maximum absolute atomic E-state index is 5.63. The molecule has 0 unspecified atom stereocenters. The topological polar surface area (TPSA) is 54.7 Å². The van der Waals surface area contributed by atoms with Crippen molar-refractivity contribution in [1.82, 2.24) is 10.2 Å². The summed E-state index contributed by atoms with van der Waals surface area (Å²) in [4.78, 5) is 0. The number of H-pyrrole nitrogens is 1. The molecule has 0 aliphatic carbocycles. The molecule has 1 aromatic heterocycles. The molecule has 0 atom stereocenters. The van der Waals surface area contributed by atoms with Crippen LogP contribution in [0.2, 0.25) is 0 Å². The van der Waals surface area contributed by atoms with E-state index in [1.165, 1.54) is 0 Å². The van der Waals surface area contributed by atoms with Gasteiger partial charge >= 0.3 is 0 Å². The number of nitrogens with one attached hydrogen (secondary N) is 1. The molecule has 3 nitrogen and oxygen atoms in total. The number of hydrogen-bond acceptors (Lipinski definition) is 2. The Morgan fingerprint density at radius 3 is 2.83 bits per heavy atom. The second kappa shape index (κ2) is 2.74. The lowest BCUT2D eigenvalue weighted by Crippen LogP contribution is -1.83. The van der Waals surface area contributed by atoms with Crippen LogP contribution in [-0.4, -0.2) is 10.2 Å². The van der Waals surface area contributed by atoms with E-state index in [2.05, 4.69) is 42.1 Å². The Kier molecular flexibility index (Phi) is 1.84. The Morgan fingerprint density at radius 2 is 2.08 bits per heavy atom. The maximum atomic E-state index is 5.63. The molecule has 62 valence electrons. The highest BCUT2D eigenvalue weighted by atomic mass is 79.9. The zero-order valence-electron chi connectivity index (χ0n) is 5.94. The van der Waals surface area contributed by atoms with Gasteiger partial charge in [-0.1, -0.05) is 0 Å². The van der Waals surface area contributed by atoms with Crippen LogP contribution in [0.5, 0.6) is 0 Å². The van der Waals surface area contributed by atoms with E-state index in [0.717, 1.165) is 20.0 Å². The summed E-state index contributed by atoms with van der Waals surface area (Å²) >= 11 is 6.76. The molecule has 1 aromatic carbocycles. The number of halogens is 2. The lowest BCUT2D eigenvalue weighted by atomic mass is 10.2. The van der Waals surface area contributed by atoms with Crippen molar-refractivity contribution in [2.24, 2.45) is 0 Å². The van der Waals surface area contributed by atoms with Crippen molar-refractivity contribution in [3.63, 3.8) is 0 Å². The molecule has 12 heavy (non-hydrogen) atoms. The number of nitrogens with two attached hydrogens (primary N) is 1. The van der Waals surface area contributed by atoms with E-state index in [1.807, 2.05) is 12.1 Å². The van der Waals surface area contributed by atoms with Crippen LogP contribution in [0.3, 0.4) is 0 Å². The van der Waals surface area contributed by atoms with Crippen LogP contribution < -0.4 is 5.73 Å². The average Bonchev–Trinajstić information content (AvgIpc) is 2.31. The zero-order valence-corrected chi connectivity index (χ0v) is 9.11. The third kappa shape index (κ3) is 1.13. The summed E-state index contributed by atoms with van der Waals surface area (Å²) < 4.78 is 1.81. The highest BCUT2D eigenvalue weighted by Gasteiger charge is 2.06. The minimum Gasteiger partial charge on any atom is -0.399 e. The van der Waals surface area contributed by atoms with Gasteiger partial charge in [-0.05, 0) is 44.0 Å². The van der Waals surface area contributed by atoms with Gasteiger partial charge in [0, 0.05) is 15.5 Å². The van der Waals surface area contributed by atoms with Crippen LogP contribution >= 0.6 is 31.9 Å². The van der Waals surface area contributed by atoms with Crippen molar-refractivity contribution in [1.29, 1.82) is 0 Å². The Balaban J connectivity index is 2.93. The normalized spacial score (nSPS) is 10.8. The SMILES string of the molecule is Nc1cc(Br)c2c(Br)[nH]nc2c1. The van der Waals surface area contributed by atoms with Crippen molar-refractivity contribution in [2.45, 2.75) is 0 Å². The molecular weight excluding hydrogens is 286 g/mol. The average molecular weight is 291 g/mol. The predicted molar refractivity (Wildman–Crippen MR) is 55.9 cm³/mol. The minimum atomic E-state index is 0.702. The first-order valence-electron chi connectivity index (χ1n) is 3.27. The second-order valence-electron chi connectivity index (χ2n) is 2.43. The lowest BCUT2D eigenvalue weighted by molar-refractivity contribution is 1.10. The van der Waals surface area contributed by atoms with E-state index in [9.17, 15) is 0 Å². The van der Waals surface area contributed by atoms with Gasteiger partial charge in [0.2, 0.25) is 0 Å². The number of nitrogen functional groups attached to an aromatic ring is 1. The first-order valence-corrected chi connectivity index (χ1v) is 4.85. The smallest absolute Gasteiger partial charge is 0.109 e. The number of anilines is 1. The van der Waals surface area contributed by atoms with E-state index in [0.29, 0.717) is 5.69 Å². The number of hydrogen-bond donors (Lipinski definition) is 2. The number of fused-ring (bicyclic) bond motifs is 1. The van der Waals surface area contributed by atoms with Gasteiger partial charge in [-0.25, -0.2) is 0 Å². The molecule has 2 rings (SSSR count). The molecule has 0 spiro atoms.